The highest BCUT2D eigenvalue weighted by atomic mass is 16.5. The van der Waals surface area contributed by atoms with Crippen molar-refractivity contribution < 1.29 is 9.53 Å². The van der Waals surface area contributed by atoms with E-state index in [1.165, 1.54) is 18.3 Å². The van der Waals surface area contributed by atoms with Crippen molar-refractivity contribution in [3.05, 3.63) is 34.2 Å². The number of rotatable bonds is 3. The van der Waals surface area contributed by atoms with Gasteiger partial charge < -0.3 is 19.9 Å². The molecule has 98 valence electrons. The number of hydrogen-bond acceptors (Lipinski definition) is 4. The molecule has 1 amide bonds. The molecule has 0 aromatic carbocycles. The lowest BCUT2D eigenvalue weighted by molar-refractivity contribution is -0.0175. The number of nitrogens with zero attached hydrogens (tertiary/aromatic N) is 1. The molecule has 1 aliphatic rings. The minimum absolute atomic E-state index is 0.0236. The molecule has 6 nitrogen and oxygen atoms in total. The third-order valence-corrected chi connectivity index (χ3v) is 2.88. The van der Waals surface area contributed by atoms with Crippen molar-refractivity contribution in [2.75, 3.05) is 33.3 Å². The molecule has 1 saturated heterocycles. The van der Waals surface area contributed by atoms with Crippen LogP contribution in [0.2, 0.25) is 0 Å². The molecule has 1 aromatic rings. The molecule has 2 N–H and O–H groups in total. The number of aromatic nitrogens is 1. The van der Waals surface area contributed by atoms with Crippen molar-refractivity contribution in [3.8, 4) is 0 Å². The number of carbonyl (C=O) groups excluding carboxylic acids is 1. The Hall–Kier alpha value is -1.66. The minimum atomic E-state index is -0.219. The number of aromatic amines is 1. The molecule has 0 spiro atoms. The van der Waals surface area contributed by atoms with E-state index in [1.54, 1.807) is 0 Å². The smallest absolute Gasteiger partial charge is 0.252 e. The van der Waals surface area contributed by atoms with Crippen molar-refractivity contribution in [1.82, 2.24) is 15.2 Å². The van der Waals surface area contributed by atoms with E-state index in [0.717, 1.165) is 13.1 Å². The normalized spacial score (nSPS) is 20.6. The zero-order valence-corrected chi connectivity index (χ0v) is 10.3. The third kappa shape index (κ3) is 3.41. The van der Waals surface area contributed by atoms with Gasteiger partial charge in [-0.1, -0.05) is 0 Å². The van der Waals surface area contributed by atoms with Crippen LogP contribution < -0.4 is 10.9 Å². The lowest BCUT2D eigenvalue weighted by Crippen LogP contribution is -2.45. The second kappa shape index (κ2) is 5.79. The summed E-state index contributed by atoms with van der Waals surface area (Å²) in [6, 6.07) is 2.84. The number of ether oxygens (including phenoxy) is 1. The van der Waals surface area contributed by atoms with Gasteiger partial charge in [0.1, 0.15) is 0 Å². The quantitative estimate of drug-likeness (QED) is 0.755. The van der Waals surface area contributed by atoms with Gasteiger partial charge in [-0.3, -0.25) is 9.59 Å². The van der Waals surface area contributed by atoms with E-state index in [2.05, 4.69) is 15.2 Å². The summed E-state index contributed by atoms with van der Waals surface area (Å²) in [7, 11) is 2.03. The lowest BCUT2D eigenvalue weighted by Gasteiger charge is -2.30. The summed E-state index contributed by atoms with van der Waals surface area (Å²) in [5.74, 6) is -0.205. The van der Waals surface area contributed by atoms with Gasteiger partial charge in [0, 0.05) is 31.9 Å². The lowest BCUT2D eigenvalue weighted by atomic mass is 10.2. The van der Waals surface area contributed by atoms with Crippen LogP contribution in [-0.2, 0) is 4.74 Å². The molecule has 6 heteroatoms. The first kappa shape index (κ1) is 12.8. The van der Waals surface area contributed by atoms with Gasteiger partial charge in [0.25, 0.3) is 5.91 Å². The molecule has 1 aromatic heterocycles. The molecule has 1 atom stereocenters. The maximum atomic E-state index is 11.8. The molecule has 0 radical (unpaired) electrons. The van der Waals surface area contributed by atoms with Crippen LogP contribution in [0.1, 0.15) is 10.4 Å². The maximum absolute atomic E-state index is 11.8. The number of morpholine rings is 1. The zero-order valence-electron chi connectivity index (χ0n) is 10.3. The van der Waals surface area contributed by atoms with Crippen molar-refractivity contribution in [1.29, 1.82) is 0 Å². The molecule has 0 bridgehead atoms. The van der Waals surface area contributed by atoms with Crippen LogP contribution in [0, 0.1) is 0 Å². The Kier molecular flexibility index (Phi) is 4.11. The monoisotopic (exact) mass is 251 g/mol. The minimum Gasteiger partial charge on any atom is -0.374 e. The molecule has 18 heavy (non-hydrogen) atoms. The fourth-order valence-electron chi connectivity index (χ4n) is 1.85. The fraction of sp³-hybridized carbons (Fsp3) is 0.500. The van der Waals surface area contributed by atoms with Gasteiger partial charge in [0.05, 0.1) is 18.3 Å². The highest BCUT2D eigenvalue weighted by Gasteiger charge is 2.18. The first-order valence-electron chi connectivity index (χ1n) is 5.92. The van der Waals surface area contributed by atoms with Gasteiger partial charge in [-0.15, -0.1) is 0 Å². The van der Waals surface area contributed by atoms with E-state index in [1.807, 2.05) is 7.05 Å². The van der Waals surface area contributed by atoms with Gasteiger partial charge in [-0.2, -0.15) is 0 Å². The Labute approximate surface area is 105 Å². The van der Waals surface area contributed by atoms with Crippen molar-refractivity contribution in [2.45, 2.75) is 6.10 Å². The zero-order chi connectivity index (χ0) is 13.0. The van der Waals surface area contributed by atoms with E-state index < -0.39 is 0 Å². The number of carbonyl (C=O) groups is 1. The number of nitrogens with one attached hydrogen (secondary N) is 2. The summed E-state index contributed by atoms with van der Waals surface area (Å²) in [5, 5.41) is 2.80. The Balaban J connectivity index is 1.84. The Bertz CT molecular complexity index is 451. The van der Waals surface area contributed by atoms with Gasteiger partial charge in [-0.25, -0.2) is 0 Å². The summed E-state index contributed by atoms with van der Waals surface area (Å²) in [6.07, 6.45) is 1.43. The number of amides is 1. The van der Waals surface area contributed by atoms with Crippen LogP contribution in [-0.4, -0.2) is 55.2 Å². The Morgan fingerprint density at radius 1 is 1.61 bits per heavy atom. The Morgan fingerprint density at radius 2 is 2.44 bits per heavy atom. The van der Waals surface area contributed by atoms with Gasteiger partial charge in [-0.05, 0) is 13.1 Å². The van der Waals surface area contributed by atoms with Crippen LogP contribution in [0.3, 0.4) is 0 Å². The Morgan fingerprint density at radius 3 is 3.11 bits per heavy atom. The third-order valence-electron chi connectivity index (χ3n) is 2.88. The highest BCUT2D eigenvalue weighted by molar-refractivity contribution is 5.93. The predicted octanol–water partition coefficient (Wildman–Crippen LogP) is -0.565. The topological polar surface area (TPSA) is 74.4 Å². The molecule has 1 fully saturated rings. The average Bonchev–Trinajstić information content (AvgIpc) is 2.37. The van der Waals surface area contributed by atoms with Gasteiger partial charge >= 0.3 is 0 Å². The molecular weight excluding hydrogens is 234 g/mol. The molecule has 1 aliphatic heterocycles. The first-order valence-corrected chi connectivity index (χ1v) is 5.92. The van der Waals surface area contributed by atoms with E-state index in [0.29, 0.717) is 18.7 Å². The van der Waals surface area contributed by atoms with Crippen molar-refractivity contribution >= 4 is 5.91 Å². The molecule has 2 heterocycles. The number of pyridine rings is 1. The largest absolute Gasteiger partial charge is 0.374 e. The van der Waals surface area contributed by atoms with E-state index in [9.17, 15) is 9.59 Å². The highest BCUT2D eigenvalue weighted by Crippen LogP contribution is 2.02. The summed E-state index contributed by atoms with van der Waals surface area (Å²) in [6.45, 7) is 2.90. The van der Waals surface area contributed by atoms with E-state index >= 15 is 0 Å². The van der Waals surface area contributed by atoms with E-state index in [4.69, 9.17) is 4.74 Å². The molecule has 0 saturated carbocycles. The summed E-state index contributed by atoms with van der Waals surface area (Å²) < 4.78 is 5.54. The first-order chi connectivity index (χ1) is 8.65. The second-order valence-corrected chi connectivity index (χ2v) is 4.41. The fourth-order valence-corrected chi connectivity index (χ4v) is 1.85. The van der Waals surface area contributed by atoms with Crippen LogP contribution in [0.5, 0.6) is 0 Å². The number of likely N-dealkylation sites (N-methyl/N-ethyl adjacent to an activating group) is 1. The second-order valence-electron chi connectivity index (χ2n) is 4.41. The molecular formula is C12H17N3O3. The average molecular weight is 251 g/mol. The summed E-state index contributed by atoms with van der Waals surface area (Å²) in [4.78, 5) is 27.3. The number of hydrogen-bond donors (Lipinski definition) is 2. The maximum Gasteiger partial charge on any atom is 0.252 e. The summed E-state index contributed by atoms with van der Waals surface area (Å²) >= 11 is 0. The van der Waals surface area contributed by atoms with Crippen molar-refractivity contribution in [2.24, 2.45) is 0 Å². The van der Waals surface area contributed by atoms with E-state index in [-0.39, 0.29) is 17.6 Å². The van der Waals surface area contributed by atoms with Crippen LogP contribution in [0.15, 0.2) is 23.1 Å². The molecule has 2 rings (SSSR count). The van der Waals surface area contributed by atoms with Gasteiger partial charge in [0.2, 0.25) is 5.56 Å². The predicted molar refractivity (Wildman–Crippen MR) is 66.6 cm³/mol. The number of H-pyrrole nitrogens is 1. The van der Waals surface area contributed by atoms with Crippen LogP contribution in [0.25, 0.3) is 0 Å². The van der Waals surface area contributed by atoms with Crippen LogP contribution >= 0.6 is 0 Å². The van der Waals surface area contributed by atoms with Crippen molar-refractivity contribution in [3.63, 3.8) is 0 Å². The summed E-state index contributed by atoms with van der Waals surface area (Å²) in [5.41, 5.74) is 0.225. The molecule has 1 unspecified atom stereocenters. The van der Waals surface area contributed by atoms with Gasteiger partial charge in [0.15, 0.2) is 0 Å². The van der Waals surface area contributed by atoms with Crippen LogP contribution in [0.4, 0.5) is 0 Å². The molecule has 0 aliphatic carbocycles. The SMILES string of the molecule is CN1CCOC(CNC(=O)c2ccc(=O)[nH]c2)C1. The standard InChI is InChI=1S/C12H17N3O3/c1-15-4-5-18-10(8-15)7-14-12(17)9-2-3-11(16)13-6-9/h2-3,6,10H,4-5,7-8H2,1H3,(H,13,16)(H,14,17).